The van der Waals surface area contributed by atoms with Crippen molar-refractivity contribution in [1.29, 1.82) is 0 Å². The Morgan fingerprint density at radius 2 is 2.54 bits per heavy atom. The van der Waals surface area contributed by atoms with Crippen LogP contribution in [0.3, 0.4) is 0 Å². The standard InChI is InChI=1S/C9H12BrNO2/c1-2-13-9(12)7-4-3-5-11-8(7)6-10/h3-5,8,11H,2,6H2,1H3. The van der Waals surface area contributed by atoms with E-state index in [2.05, 4.69) is 21.2 Å². The number of carbonyl (C=O) groups is 1. The minimum Gasteiger partial charge on any atom is -0.463 e. The van der Waals surface area contributed by atoms with Crippen molar-refractivity contribution in [3.63, 3.8) is 0 Å². The molecule has 0 amide bonds. The van der Waals surface area contributed by atoms with Gasteiger partial charge in [0.25, 0.3) is 0 Å². The van der Waals surface area contributed by atoms with E-state index < -0.39 is 0 Å². The van der Waals surface area contributed by atoms with Gasteiger partial charge in [-0.25, -0.2) is 4.79 Å². The molecule has 1 aliphatic rings. The Morgan fingerprint density at radius 3 is 3.15 bits per heavy atom. The third kappa shape index (κ3) is 2.59. The van der Waals surface area contributed by atoms with Crippen molar-refractivity contribution < 1.29 is 9.53 Å². The molecule has 0 bridgehead atoms. The van der Waals surface area contributed by atoms with Crippen LogP contribution in [0.5, 0.6) is 0 Å². The molecule has 0 radical (unpaired) electrons. The van der Waals surface area contributed by atoms with Crippen LogP contribution in [0.1, 0.15) is 6.92 Å². The van der Waals surface area contributed by atoms with Crippen LogP contribution in [0.15, 0.2) is 23.9 Å². The fraction of sp³-hybridized carbons (Fsp3) is 0.444. The first kappa shape index (κ1) is 10.3. The van der Waals surface area contributed by atoms with Gasteiger partial charge in [-0.1, -0.05) is 15.9 Å². The molecule has 0 aromatic carbocycles. The topological polar surface area (TPSA) is 38.3 Å². The lowest BCUT2D eigenvalue weighted by Crippen LogP contribution is -2.34. The summed E-state index contributed by atoms with van der Waals surface area (Å²) in [6.07, 6.45) is 5.39. The zero-order valence-electron chi connectivity index (χ0n) is 7.42. The monoisotopic (exact) mass is 245 g/mol. The average molecular weight is 246 g/mol. The SMILES string of the molecule is CCOC(=O)C1=CC=CNC1CBr. The fourth-order valence-electron chi connectivity index (χ4n) is 1.08. The summed E-state index contributed by atoms with van der Waals surface area (Å²) >= 11 is 3.33. The summed E-state index contributed by atoms with van der Waals surface area (Å²) in [7, 11) is 0. The molecule has 4 heteroatoms. The molecule has 0 saturated carbocycles. The Kier molecular flexibility index (Phi) is 4.02. The summed E-state index contributed by atoms with van der Waals surface area (Å²) in [5, 5.41) is 3.76. The van der Waals surface area contributed by atoms with Gasteiger partial charge in [0.15, 0.2) is 0 Å². The van der Waals surface area contributed by atoms with Gasteiger partial charge in [0.05, 0.1) is 18.2 Å². The van der Waals surface area contributed by atoms with Gasteiger partial charge < -0.3 is 10.1 Å². The average Bonchev–Trinajstić information content (AvgIpc) is 2.18. The number of hydrogen-bond acceptors (Lipinski definition) is 3. The number of alkyl halides is 1. The molecule has 0 aliphatic carbocycles. The molecule has 1 rings (SSSR count). The van der Waals surface area contributed by atoms with Gasteiger partial charge in [-0.3, -0.25) is 0 Å². The molecule has 0 fully saturated rings. The number of hydrogen-bond donors (Lipinski definition) is 1. The maximum Gasteiger partial charge on any atom is 0.336 e. The number of halogens is 1. The molecule has 3 nitrogen and oxygen atoms in total. The van der Waals surface area contributed by atoms with Gasteiger partial charge in [-0.2, -0.15) is 0 Å². The quantitative estimate of drug-likeness (QED) is 0.603. The lowest BCUT2D eigenvalue weighted by molar-refractivity contribution is -0.138. The molecule has 1 atom stereocenters. The predicted octanol–water partition coefficient (Wildman–Crippen LogP) is 1.36. The highest BCUT2D eigenvalue weighted by Gasteiger charge is 2.20. The number of esters is 1. The van der Waals surface area contributed by atoms with E-state index in [1.807, 2.05) is 6.20 Å². The Morgan fingerprint density at radius 1 is 1.77 bits per heavy atom. The van der Waals surface area contributed by atoms with Crippen LogP contribution in [0.4, 0.5) is 0 Å². The molecule has 0 aromatic heterocycles. The summed E-state index contributed by atoms with van der Waals surface area (Å²) in [6.45, 7) is 2.21. The number of nitrogens with one attached hydrogen (secondary N) is 1. The number of ether oxygens (including phenoxy) is 1. The summed E-state index contributed by atoms with van der Waals surface area (Å²) < 4.78 is 4.91. The van der Waals surface area contributed by atoms with Crippen molar-refractivity contribution in [2.45, 2.75) is 13.0 Å². The maximum atomic E-state index is 11.4. The van der Waals surface area contributed by atoms with Gasteiger partial charge in [0.2, 0.25) is 0 Å². The van der Waals surface area contributed by atoms with Gasteiger partial charge in [0, 0.05) is 5.33 Å². The molecule has 1 aliphatic heterocycles. The van der Waals surface area contributed by atoms with Crippen LogP contribution in [-0.2, 0) is 9.53 Å². The third-order valence-electron chi connectivity index (χ3n) is 1.71. The molecule has 1 N–H and O–H groups in total. The minimum atomic E-state index is -0.246. The summed E-state index contributed by atoms with van der Waals surface area (Å²) in [5.41, 5.74) is 0.668. The molecule has 0 spiro atoms. The summed E-state index contributed by atoms with van der Waals surface area (Å²) in [5.74, 6) is -0.246. The van der Waals surface area contributed by atoms with E-state index in [4.69, 9.17) is 4.74 Å². The molecule has 0 aromatic rings. The van der Waals surface area contributed by atoms with Crippen LogP contribution >= 0.6 is 15.9 Å². The zero-order valence-corrected chi connectivity index (χ0v) is 9.00. The van der Waals surface area contributed by atoms with E-state index >= 15 is 0 Å². The van der Waals surface area contributed by atoms with Crippen molar-refractivity contribution in [3.8, 4) is 0 Å². The lowest BCUT2D eigenvalue weighted by atomic mass is 10.1. The van der Waals surface area contributed by atoms with E-state index in [-0.39, 0.29) is 12.0 Å². The Bertz CT molecular complexity index is 248. The van der Waals surface area contributed by atoms with E-state index in [1.54, 1.807) is 19.1 Å². The minimum absolute atomic E-state index is 0.0176. The molecule has 0 saturated heterocycles. The molecular formula is C9H12BrNO2. The second kappa shape index (κ2) is 5.07. The third-order valence-corrected chi connectivity index (χ3v) is 2.36. The van der Waals surface area contributed by atoms with Crippen molar-refractivity contribution >= 4 is 21.9 Å². The molecular weight excluding hydrogens is 234 g/mol. The van der Waals surface area contributed by atoms with Crippen LogP contribution in [0.25, 0.3) is 0 Å². The first-order chi connectivity index (χ1) is 6.29. The van der Waals surface area contributed by atoms with Crippen molar-refractivity contribution in [2.75, 3.05) is 11.9 Å². The zero-order chi connectivity index (χ0) is 9.68. The molecule has 1 unspecified atom stereocenters. The number of rotatable bonds is 3. The molecule has 72 valence electrons. The van der Waals surface area contributed by atoms with Crippen molar-refractivity contribution in [1.82, 2.24) is 5.32 Å². The fourth-order valence-corrected chi connectivity index (χ4v) is 1.62. The van der Waals surface area contributed by atoms with Crippen LogP contribution in [0.2, 0.25) is 0 Å². The first-order valence-electron chi connectivity index (χ1n) is 4.15. The van der Waals surface area contributed by atoms with Crippen LogP contribution < -0.4 is 5.32 Å². The van der Waals surface area contributed by atoms with Crippen LogP contribution in [0, 0.1) is 0 Å². The summed E-state index contributed by atoms with van der Waals surface area (Å²) in [4.78, 5) is 11.4. The lowest BCUT2D eigenvalue weighted by Gasteiger charge is -2.19. The second-order valence-corrected chi connectivity index (χ2v) is 3.22. The Labute approximate surface area is 86.0 Å². The van der Waals surface area contributed by atoms with Gasteiger partial charge in [0.1, 0.15) is 0 Å². The van der Waals surface area contributed by atoms with Crippen molar-refractivity contribution in [2.24, 2.45) is 0 Å². The first-order valence-corrected chi connectivity index (χ1v) is 5.27. The van der Waals surface area contributed by atoms with Gasteiger partial charge >= 0.3 is 5.97 Å². The Balaban J connectivity index is 2.68. The highest BCUT2D eigenvalue weighted by molar-refractivity contribution is 9.09. The summed E-state index contributed by atoms with van der Waals surface area (Å²) in [6, 6.07) is 0.0176. The van der Waals surface area contributed by atoms with Gasteiger partial charge in [-0.05, 0) is 25.3 Å². The predicted molar refractivity (Wildman–Crippen MR) is 54.6 cm³/mol. The van der Waals surface area contributed by atoms with E-state index in [0.717, 1.165) is 0 Å². The number of dihydropyridines is 1. The van der Waals surface area contributed by atoms with Crippen LogP contribution in [-0.4, -0.2) is 23.9 Å². The highest BCUT2D eigenvalue weighted by Crippen LogP contribution is 2.11. The van der Waals surface area contributed by atoms with Gasteiger partial charge in [-0.15, -0.1) is 0 Å². The smallest absolute Gasteiger partial charge is 0.336 e. The normalized spacial score (nSPS) is 20.5. The van der Waals surface area contributed by atoms with E-state index in [1.165, 1.54) is 0 Å². The largest absolute Gasteiger partial charge is 0.463 e. The van der Waals surface area contributed by atoms with Crippen molar-refractivity contribution in [3.05, 3.63) is 23.9 Å². The van der Waals surface area contributed by atoms with E-state index in [9.17, 15) is 4.79 Å². The molecule has 13 heavy (non-hydrogen) atoms. The maximum absolute atomic E-state index is 11.4. The number of allylic oxidation sites excluding steroid dienone is 2. The Hall–Kier alpha value is -0.770. The molecule has 1 heterocycles. The van der Waals surface area contributed by atoms with E-state index in [0.29, 0.717) is 17.5 Å². The number of carbonyl (C=O) groups excluding carboxylic acids is 1. The second-order valence-electron chi connectivity index (χ2n) is 2.58. The highest BCUT2D eigenvalue weighted by atomic mass is 79.9.